The first-order valence-corrected chi connectivity index (χ1v) is 3.99. The number of hydrogen-bond acceptors (Lipinski definition) is 3. The molecule has 1 N–H and O–H groups in total. The molecule has 0 aliphatic rings. The van der Waals surface area contributed by atoms with Crippen molar-refractivity contribution in [3.63, 3.8) is 0 Å². The Morgan fingerprint density at radius 2 is 2.07 bits per heavy atom. The first-order chi connectivity index (χ1) is 6.68. The highest BCUT2D eigenvalue weighted by atomic mass is 16.6. The van der Waals surface area contributed by atoms with Crippen LogP contribution < -0.4 is 5.32 Å². The van der Waals surface area contributed by atoms with E-state index in [-0.39, 0.29) is 0 Å². The monoisotopic (exact) mass is 193 g/mol. The van der Waals surface area contributed by atoms with Crippen LogP contribution >= 0.6 is 0 Å². The van der Waals surface area contributed by atoms with Crippen LogP contribution in [0.5, 0.6) is 0 Å². The molecule has 0 fully saturated rings. The van der Waals surface area contributed by atoms with Crippen molar-refractivity contribution in [3.05, 3.63) is 46.9 Å². The van der Waals surface area contributed by atoms with E-state index in [4.69, 9.17) is 0 Å². The van der Waals surface area contributed by atoms with Gasteiger partial charge in [-0.3, -0.25) is 14.9 Å². The van der Waals surface area contributed by atoms with Crippen LogP contribution in [-0.2, 0) is 4.79 Å². The molecule has 5 nitrogen and oxygen atoms in total. The van der Waals surface area contributed by atoms with Crippen molar-refractivity contribution in [1.82, 2.24) is 0 Å². The van der Waals surface area contributed by atoms with Gasteiger partial charge in [-0.05, 0) is 12.1 Å². The molecule has 1 radical (unpaired) electrons. The van der Waals surface area contributed by atoms with E-state index >= 15 is 0 Å². The standard InChI is InChI=1S/C9H9N2O3/c12-9(6-7-11(13)14)10-8-4-2-1-3-5-8/h1-6H,7H2,(H,10,12). The largest absolute Gasteiger partial charge is 0.326 e. The minimum absolute atomic E-state index is 0.460. The lowest BCUT2D eigenvalue weighted by Gasteiger charge is -2.01. The van der Waals surface area contributed by atoms with Gasteiger partial charge in [-0.2, -0.15) is 0 Å². The highest BCUT2D eigenvalue weighted by molar-refractivity contribution is 5.97. The van der Waals surface area contributed by atoms with E-state index in [0.29, 0.717) is 5.69 Å². The van der Waals surface area contributed by atoms with Crippen LogP contribution in [0.15, 0.2) is 30.3 Å². The highest BCUT2D eigenvalue weighted by Gasteiger charge is 2.06. The van der Waals surface area contributed by atoms with Crippen LogP contribution in [0.1, 0.15) is 0 Å². The summed E-state index contributed by atoms with van der Waals surface area (Å²) in [5, 5.41) is 12.4. The van der Waals surface area contributed by atoms with Crippen LogP contribution in [0.4, 0.5) is 5.69 Å². The van der Waals surface area contributed by atoms with Crippen LogP contribution in [0, 0.1) is 16.5 Å². The molecule has 0 saturated heterocycles. The molecule has 14 heavy (non-hydrogen) atoms. The van der Waals surface area contributed by atoms with Gasteiger partial charge < -0.3 is 5.32 Å². The number of nitrogens with one attached hydrogen (secondary N) is 1. The molecular formula is C9H9N2O3. The predicted molar refractivity (Wildman–Crippen MR) is 51.2 cm³/mol. The first kappa shape index (κ1) is 10.2. The van der Waals surface area contributed by atoms with Gasteiger partial charge in [0.15, 0.2) is 0 Å². The van der Waals surface area contributed by atoms with Gasteiger partial charge in [-0.15, -0.1) is 0 Å². The molecular weight excluding hydrogens is 184 g/mol. The number of nitro groups is 1. The Morgan fingerprint density at radius 1 is 1.43 bits per heavy atom. The normalized spacial score (nSPS) is 9.43. The Morgan fingerprint density at radius 3 is 2.64 bits per heavy atom. The summed E-state index contributed by atoms with van der Waals surface area (Å²) in [6.07, 6.45) is 0.993. The summed E-state index contributed by atoms with van der Waals surface area (Å²) in [5.41, 5.74) is 0.622. The third kappa shape index (κ3) is 3.66. The van der Waals surface area contributed by atoms with Crippen molar-refractivity contribution in [2.75, 3.05) is 11.9 Å². The minimum atomic E-state index is -0.565. The van der Waals surface area contributed by atoms with E-state index in [1.54, 1.807) is 24.3 Å². The second kappa shape index (κ2) is 4.96. The molecule has 1 aromatic rings. The highest BCUT2D eigenvalue weighted by Crippen LogP contribution is 2.04. The van der Waals surface area contributed by atoms with Gasteiger partial charge in [0.25, 0.3) is 0 Å². The van der Waals surface area contributed by atoms with Crippen molar-refractivity contribution in [1.29, 1.82) is 0 Å². The molecule has 0 spiro atoms. The third-order valence-electron chi connectivity index (χ3n) is 1.47. The first-order valence-electron chi connectivity index (χ1n) is 3.99. The average Bonchev–Trinajstić information content (AvgIpc) is 2.16. The lowest BCUT2D eigenvalue weighted by molar-refractivity contribution is -0.471. The number of anilines is 1. The summed E-state index contributed by atoms with van der Waals surface area (Å²) in [7, 11) is 0. The van der Waals surface area contributed by atoms with Gasteiger partial charge in [0.05, 0.1) is 0 Å². The number of para-hydroxylation sites is 1. The Bertz CT molecular complexity index is 324. The molecule has 0 saturated carbocycles. The number of hydrogen-bond donors (Lipinski definition) is 1. The molecule has 0 heterocycles. The van der Waals surface area contributed by atoms with E-state index in [1.165, 1.54) is 0 Å². The molecule has 73 valence electrons. The smallest absolute Gasteiger partial charge is 0.235 e. The lowest BCUT2D eigenvalue weighted by atomic mass is 10.3. The fraction of sp³-hybridized carbons (Fsp3) is 0.111. The number of amides is 1. The van der Waals surface area contributed by atoms with E-state index in [1.807, 2.05) is 6.07 Å². The van der Waals surface area contributed by atoms with Crippen molar-refractivity contribution in [2.45, 2.75) is 0 Å². The zero-order valence-electron chi connectivity index (χ0n) is 7.34. The molecule has 1 amide bonds. The molecule has 0 unspecified atom stereocenters. The fourth-order valence-corrected chi connectivity index (χ4v) is 0.872. The molecule has 0 aliphatic carbocycles. The Labute approximate surface area is 80.9 Å². The van der Waals surface area contributed by atoms with Gasteiger partial charge in [0.2, 0.25) is 12.5 Å². The summed E-state index contributed by atoms with van der Waals surface area (Å²) in [5.74, 6) is -0.465. The van der Waals surface area contributed by atoms with Crippen LogP contribution in [-0.4, -0.2) is 17.4 Å². The van der Waals surface area contributed by atoms with Crippen molar-refractivity contribution >= 4 is 11.6 Å². The number of rotatable bonds is 4. The summed E-state index contributed by atoms with van der Waals surface area (Å²) >= 11 is 0. The maximum atomic E-state index is 11.0. The molecule has 0 aliphatic heterocycles. The SMILES string of the molecule is O=C([CH]C[N+](=O)[O-])Nc1ccccc1. The molecule has 0 aromatic heterocycles. The molecule has 1 aromatic carbocycles. The molecule has 5 heteroatoms. The van der Waals surface area contributed by atoms with E-state index < -0.39 is 17.4 Å². The number of carbonyl (C=O) groups excluding carboxylic acids is 1. The van der Waals surface area contributed by atoms with Crippen molar-refractivity contribution in [2.24, 2.45) is 0 Å². The van der Waals surface area contributed by atoms with E-state index in [2.05, 4.69) is 5.32 Å². The fourth-order valence-electron chi connectivity index (χ4n) is 0.872. The minimum Gasteiger partial charge on any atom is -0.326 e. The van der Waals surface area contributed by atoms with Crippen LogP contribution in [0.25, 0.3) is 0 Å². The number of nitrogens with zero attached hydrogens (tertiary/aromatic N) is 1. The topological polar surface area (TPSA) is 72.2 Å². The van der Waals surface area contributed by atoms with Crippen LogP contribution in [0.2, 0.25) is 0 Å². The third-order valence-corrected chi connectivity index (χ3v) is 1.47. The molecule has 0 atom stereocenters. The number of benzene rings is 1. The van der Waals surface area contributed by atoms with Crippen molar-refractivity contribution < 1.29 is 9.72 Å². The molecule has 0 bridgehead atoms. The van der Waals surface area contributed by atoms with E-state index in [9.17, 15) is 14.9 Å². The second-order valence-corrected chi connectivity index (χ2v) is 2.57. The molecule has 1 rings (SSSR count). The summed E-state index contributed by atoms with van der Waals surface area (Å²) in [6, 6.07) is 8.76. The quantitative estimate of drug-likeness (QED) is 0.575. The van der Waals surface area contributed by atoms with Crippen molar-refractivity contribution in [3.8, 4) is 0 Å². The lowest BCUT2D eigenvalue weighted by Crippen LogP contribution is -2.16. The number of carbonyl (C=O) groups is 1. The van der Waals surface area contributed by atoms with Gasteiger partial charge in [-0.1, -0.05) is 18.2 Å². The summed E-state index contributed by atoms with van der Waals surface area (Å²) < 4.78 is 0. The van der Waals surface area contributed by atoms with E-state index in [0.717, 1.165) is 6.42 Å². The second-order valence-electron chi connectivity index (χ2n) is 2.57. The van der Waals surface area contributed by atoms with Gasteiger partial charge in [-0.25, -0.2) is 0 Å². The summed E-state index contributed by atoms with van der Waals surface area (Å²) in [4.78, 5) is 20.4. The Hall–Kier alpha value is -1.91. The maximum absolute atomic E-state index is 11.0. The van der Waals surface area contributed by atoms with Crippen LogP contribution in [0.3, 0.4) is 0 Å². The maximum Gasteiger partial charge on any atom is 0.235 e. The Kier molecular flexibility index (Phi) is 3.60. The zero-order valence-corrected chi connectivity index (χ0v) is 7.34. The van der Waals surface area contributed by atoms with Gasteiger partial charge >= 0.3 is 0 Å². The van der Waals surface area contributed by atoms with Gasteiger partial charge in [0, 0.05) is 10.6 Å². The average molecular weight is 193 g/mol. The zero-order chi connectivity index (χ0) is 10.4. The Balaban J connectivity index is 2.38. The van der Waals surface area contributed by atoms with Gasteiger partial charge in [0.1, 0.15) is 6.42 Å². The predicted octanol–water partition coefficient (Wildman–Crippen LogP) is 1.11. The summed E-state index contributed by atoms with van der Waals surface area (Å²) in [6.45, 7) is -0.460.